The topological polar surface area (TPSA) is 123 Å². The number of non-ortho nitro benzene ring substituents is 1. The molecule has 1 amide bonds. The molecule has 0 saturated carbocycles. The standard InChI is InChI=1S/C28H25N5O5S/c1-37-24-17-19(33(35)36)10-11-20(24)22-12-13-23(38-22)27-26(21-9-5-6-15-29-21)31-28(39)32(27)16-14-25(34)30-18-7-3-2-4-8-18/h2-13,15,17,26-27H,14,16H2,1H3,(H,30,34)(H,31,39)/t26-,27-/m0/s1. The van der Waals surface area contributed by atoms with Crippen LogP contribution in [0.15, 0.2) is 89.5 Å². The second-order valence-electron chi connectivity index (χ2n) is 8.83. The van der Waals surface area contributed by atoms with Gasteiger partial charge in [-0.2, -0.15) is 0 Å². The fourth-order valence-electron chi connectivity index (χ4n) is 4.58. The average Bonchev–Trinajstić information content (AvgIpc) is 3.57. The highest BCUT2D eigenvalue weighted by Crippen LogP contribution is 2.42. The monoisotopic (exact) mass is 543 g/mol. The molecular formula is C28H25N5O5S. The molecule has 2 aromatic heterocycles. The van der Waals surface area contributed by atoms with Crippen LogP contribution in [0.2, 0.25) is 0 Å². The third-order valence-electron chi connectivity index (χ3n) is 6.41. The van der Waals surface area contributed by atoms with Gasteiger partial charge >= 0.3 is 0 Å². The summed E-state index contributed by atoms with van der Waals surface area (Å²) in [5, 5.41) is 17.9. The third kappa shape index (κ3) is 5.58. The molecule has 0 bridgehead atoms. The summed E-state index contributed by atoms with van der Waals surface area (Å²) in [6, 6.07) is 22.2. The van der Waals surface area contributed by atoms with Crippen LogP contribution in [0.4, 0.5) is 11.4 Å². The second kappa shape index (κ2) is 11.3. The summed E-state index contributed by atoms with van der Waals surface area (Å²) >= 11 is 5.68. The number of nitro groups is 1. The summed E-state index contributed by atoms with van der Waals surface area (Å²) in [7, 11) is 1.45. The van der Waals surface area contributed by atoms with Gasteiger partial charge in [0.15, 0.2) is 5.11 Å². The molecule has 0 spiro atoms. The maximum absolute atomic E-state index is 12.7. The van der Waals surface area contributed by atoms with Gasteiger partial charge in [-0.05, 0) is 54.7 Å². The number of nitro benzene ring substituents is 1. The molecule has 1 fully saturated rings. The molecule has 4 aromatic rings. The molecule has 3 heterocycles. The molecular weight excluding hydrogens is 518 g/mol. The number of nitrogens with zero attached hydrogens (tertiary/aromatic N) is 3. The molecule has 39 heavy (non-hydrogen) atoms. The number of rotatable bonds is 9. The zero-order valence-corrected chi connectivity index (χ0v) is 21.8. The van der Waals surface area contributed by atoms with Gasteiger partial charge in [0.2, 0.25) is 5.91 Å². The van der Waals surface area contributed by atoms with E-state index in [9.17, 15) is 14.9 Å². The molecule has 11 heteroatoms. The minimum Gasteiger partial charge on any atom is -0.496 e. The van der Waals surface area contributed by atoms with Gasteiger partial charge in [-0.15, -0.1) is 0 Å². The summed E-state index contributed by atoms with van der Waals surface area (Å²) in [5.74, 6) is 1.26. The van der Waals surface area contributed by atoms with Gasteiger partial charge in [0, 0.05) is 30.9 Å². The third-order valence-corrected chi connectivity index (χ3v) is 6.77. The summed E-state index contributed by atoms with van der Waals surface area (Å²) in [6.07, 6.45) is 1.91. The van der Waals surface area contributed by atoms with E-state index in [0.29, 0.717) is 34.5 Å². The van der Waals surface area contributed by atoms with Crippen molar-refractivity contribution in [3.05, 3.63) is 107 Å². The van der Waals surface area contributed by atoms with Crippen molar-refractivity contribution >= 4 is 34.6 Å². The van der Waals surface area contributed by atoms with Gasteiger partial charge in [0.25, 0.3) is 5.69 Å². The second-order valence-corrected chi connectivity index (χ2v) is 9.21. The lowest BCUT2D eigenvalue weighted by Gasteiger charge is -2.25. The SMILES string of the molecule is COc1cc([N+](=O)[O-])ccc1-c1ccc([C@H]2[C@H](c3ccccn3)NC(=S)N2CCC(=O)Nc2ccccc2)o1. The van der Waals surface area contributed by atoms with Crippen molar-refractivity contribution in [2.24, 2.45) is 0 Å². The number of hydrogen-bond acceptors (Lipinski definition) is 7. The Labute approximate surface area is 229 Å². The van der Waals surface area contributed by atoms with E-state index in [4.69, 9.17) is 21.4 Å². The van der Waals surface area contributed by atoms with Crippen molar-refractivity contribution in [3.63, 3.8) is 0 Å². The molecule has 1 aliphatic rings. The number of amides is 1. The van der Waals surface area contributed by atoms with Crippen LogP contribution in [-0.4, -0.2) is 39.5 Å². The lowest BCUT2D eigenvalue weighted by molar-refractivity contribution is -0.384. The van der Waals surface area contributed by atoms with Gasteiger partial charge in [-0.3, -0.25) is 19.9 Å². The van der Waals surface area contributed by atoms with E-state index < -0.39 is 11.0 Å². The Kier molecular flexibility index (Phi) is 7.50. The quantitative estimate of drug-likeness (QED) is 0.165. The summed E-state index contributed by atoms with van der Waals surface area (Å²) in [5.41, 5.74) is 1.99. The van der Waals surface area contributed by atoms with Crippen molar-refractivity contribution in [1.29, 1.82) is 0 Å². The molecule has 10 nitrogen and oxygen atoms in total. The average molecular weight is 544 g/mol. The van der Waals surface area contributed by atoms with E-state index in [1.807, 2.05) is 59.5 Å². The number of aromatic nitrogens is 1. The Hall–Kier alpha value is -4.77. The van der Waals surface area contributed by atoms with E-state index in [2.05, 4.69) is 15.6 Å². The molecule has 0 radical (unpaired) electrons. The van der Waals surface area contributed by atoms with Crippen molar-refractivity contribution in [2.75, 3.05) is 19.0 Å². The maximum Gasteiger partial charge on any atom is 0.273 e. The van der Waals surface area contributed by atoms with Crippen LogP contribution in [0.5, 0.6) is 5.75 Å². The Morgan fingerprint density at radius 2 is 1.95 bits per heavy atom. The first kappa shape index (κ1) is 25.9. The zero-order valence-electron chi connectivity index (χ0n) is 20.9. The maximum atomic E-state index is 12.7. The van der Waals surface area contributed by atoms with Crippen LogP contribution in [0, 0.1) is 10.1 Å². The number of carbonyl (C=O) groups is 1. The van der Waals surface area contributed by atoms with E-state index in [0.717, 1.165) is 11.4 Å². The van der Waals surface area contributed by atoms with Gasteiger partial charge in [0.05, 0.1) is 35.4 Å². The summed E-state index contributed by atoms with van der Waals surface area (Å²) < 4.78 is 11.7. The number of pyridine rings is 1. The zero-order chi connectivity index (χ0) is 27.4. The number of carbonyl (C=O) groups excluding carboxylic acids is 1. The lowest BCUT2D eigenvalue weighted by atomic mass is 10.0. The largest absolute Gasteiger partial charge is 0.496 e. The number of nitrogens with one attached hydrogen (secondary N) is 2. The van der Waals surface area contributed by atoms with E-state index in [1.54, 1.807) is 18.3 Å². The highest BCUT2D eigenvalue weighted by molar-refractivity contribution is 7.80. The van der Waals surface area contributed by atoms with Crippen LogP contribution in [0.3, 0.4) is 0 Å². The van der Waals surface area contributed by atoms with Crippen LogP contribution in [-0.2, 0) is 4.79 Å². The predicted molar refractivity (Wildman–Crippen MR) is 149 cm³/mol. The van der Waals surface area contributed by atoms with Crippen molar-refractivity contribution in [2.45, 2.75) is 18.5 Å². The van der Waals surface area contributed by atoms with Crippen molar-refractivity contribution in [1.82, 2.24) is 15.2 Å². The normalized spacial score (nSPS) is 16.5. The first-order valence-electron chi connectivity index (χ1n) is 12.2. The first-order valence-corrected chi connectivity index (χ1v) is 12.6. The van der Waals surface area contributed by atoms with Crippen LogP contribution in [0.1, 0.15) is 30.0 Å². The Morgan fingerprint density at radius 3 is 2.67 bits per heavy atom. The van der Waals surface area contributed by atoms with Crippen molar-refractivity contribution in [3.8, 4) is 17.1 Å². The molecule has 2 aromatic carbocycles. The van der Waals surface area contributed by atoms with Crippen LogP contribution < -0.4 is 15.4 Å². The van der Waals surface area contributed by atoms with Crippen LogP contribution in [0.25, 0.3) is 11.3 Å². The smallest absolute Gasteiger partial charge is 0.273 e. The molecule has 0 unspecified atom stereocenters. The summed E-state index contributed by atoms with van der Waals surface area (Å²) in [4.78, 5) is 29.9. The first-order chi connectivity index (χ1) is 18.9. The number of anilines is 1. The number of benzene rings is 2. The highest BCUT2D eigenvalue weighted by atomic mass is 32.1. The van der Waals surface area contributed by atoms with Gasteiger partial charge in [-0.25, -0.2) is 0 Å². The number of methoxy groups -OCH3 is 1. The Bertz CT molecular complexity index is 1490. The molecule has 0 aliphatic carbocycles. The molecule has 2 atom stereocenters. The summed E-state index contributed by atoms with van der Waals surface area (Å²) in [6.45, 7) is 0.343. The fourth-order valence-corrected chi connectivity index (χ4v) is 4.91. The highest BCUT2D eigenvalue weighted by Gasteiger charge is 2.41. The van der Waals surface area contributed by atoms with Gasteiger partial charge in [0.1, 0.15) is 23.3 Å². The molecule has 198 valence electrons. The Balaban J connectivity index is 1.43. The molecule has 1 saturated heterocycles. The van der Waals surface area contributed by atoms with Gasteiger partial charge in [-0.1, -0.05) is 24.3 Å². The molecule has 1 aliphatic heterocycles. The Morgan fingerprint density at radius 1 is 1.15 bits per heavy atom. The number of ether oxygens (including phenoxy) is 1. The van der Waals surface area contributed by atoms with E-state index >= 15 is 0 Å². The van der Waals surface area contributed by atoms with E-state index in [-0.39, 0.29) is 24.1 Å². The minimum atomic E-state index is -0.478. The predicted octanol–water partition coefficient (Wildman–Crippen LogP) is 5.26. The lowest BCUT2D eigenvalue weighted by Crippen LogP contribution is -2.32. The number of furan rings is 1. The van der Waals surface area contributed by atoms with E-state index in [1.165, 1.54) is 19.2 Å². The van der Waals surface area contributed by atoms with Crippen LogP contribution >= 0.6 is 12.2 Å². The molecule has 2 N–H and O–H groups in total. The minimum absolute atomic E-state index is 0.0807. The number of hydrogen-bond donors (Lipinski definition) is 2. The van der Waals surface area contributed by atoms with Gasteiger partial charge < -0.3 is 24.7 Å². The number of para-hydroxylation sites is 1. The fraction of sp³-hybridized carbons (Fsp3) is 0.179. The van der Waals surface area contributed by atoms with Crippen molar-refractivity contribution < 1.29 is 18.9 Å². The molecule has 5 rings (SSSR count). The number of thiocarbonyl (C=S) groups is 1.